The normalized spacial score (nSPS) is 13.1. The topological polar surface area (TPSA) is 129 Å². The number of nitrogen functional groups attached to an aromatic ring is 1. The molecule has 0 fully saturated rings. The van der Waals surface area contributed by atoms with Gasteiger partial charge >= 0.3 is 12.3 Å². The Kier molecular flexibility index (Phi) is 10.3. The SMILES string of the molecule is CC(C)(C)NC(=O)O[C@@H](Cc1cc(F)cc(F)c1)c1nc(C#CC(C)(C)S(C)(=O)=O)ccc1-c1ccc(Cl)c2c(N)nn(CC(F)(F)F)c12. The number of ether oxygens (including phenoxy) is 1. The minimum absolute atomic E-state index is 0.000696. The average Bonchev–Trinajstić information content (AvgIpc) is 3.24. The number of hydrogen-bond acceptors (Lipinski definition) is 7. The van der Waals surface area contributed by atoms with Crippen molar-refractivity contribution in [2.24, 2.45) is 0 Å². The molecule has 0 aliphatic carbocycles. The van der Waals surface area contributed by atoms with Crippen molar-refractivity contribution in [2.45, 2.75) is 70.2 Å². The van der Waals surface area contributed by atoms with E-state index in [1.165, 1.54) is 38.1 Å². The summed E-state index contributed by atoms with van der Waals surface area (Å²) in [4.78, 5) is 17.7. The monoisotopic (exact) mass is 725 g/mol. The summed E-state index contributed by atoms with van der Waals surface area (Å²) in [7, 11) is -3.65. The molecule has 0 saturated heterocycles. The number of halogens is 6. The van der Waals surface area contributed by atoms with E-state index in [9.17, 15) is 35.2 Å². The summed E-state index contributed by atoms with van der Waals surface area (Å²) >= 11 is 6.38. The Morgan fingerprint density at radius 3 is 2.22 bits per heavy atom. The van der Waals surface area contributed by atoms with Gasteiger partial charge in [-0.1, -0.05) is 23.6 Å². The molecular formula is C33H33ClF5N5O4S. The number of nitrogens with two attached hydrogens (primary N) is 1. The van der Waals surface area contributed by atoms with Crippen LogP contribution in [0.15, 0.2) is 42.5 Å². The number of aromatic nitrogens is 3. The number of amides is 1. The van der Waals surface area contributed by atoms with Crippen molar-refractivity contribution in [3.8, 4) is 23.0 Å². The summed E-state index contributed by atoms with van der Waals surface area (Å²) < 4.78 is 99.3. The summed E-state index contributed by atoms with van der Waals surface area (Å²) in [6.07, 6.45) is -6.41. The van der Waals surface area contributed by atoms with Gasteiger partial charge in [-0.15, -0.1) is 0 Å². The number of rotatable bonds is 7. The van der Waals surface area contributed by atoms with Crippen molar-refractivity contribution in [3.05, 3.63) is 76.1 Å². The Balaban J connectivity index is 2.05. The van der Waals surface area contributed by atoms with Crippen molar-refractivity contribution >= 4 is 44.3 Å². The largest absolute Gasteiger partial charge is 0.439 e. The van der Waals surface area contributed by atoms with Crippen molar-refractivity contribution in [1.29, 1.82) is 0 Å². The molecule has 9 nitrogen and oxygen atoms in total. The maximum atomic E-state index is 14.3. The van der Waals surface area contributed by atoms with Gasteiger partial charge < -0.3 is 15.8 Å². The summed E-state index contributed by atoms with van der Waals surface area (Å²) in [6.45, 7) is 6.31. The molecule has 0 aliphatic rings. The van der Waals surface area contributed by atoms with Crippen LogP contribution in [0.4, 0.5) is 32.6 Å². The molecule has 49 heavy (non-hydrogen) atoms. The highest BCUT2D eigenvalue weighted by atomic mass is 35.5. The van der Waals surface area contributed by atoms with Crippen LogP contribution in [-0.2, 0) is 27.5 Å². The minimum Gasteiger partial charge on any atom is -0.439 e. The molecule has 0 aliphatic heterocycles. The molecule has 4 aromatic rings. The van der Waals surface area contributed by atoms with E-state index in [-0.39, 0.29) is 56.2 Å². The minimum atomic E-state index is -4.71. The van der Waals surface area contributed by atoms with Crippen LogP contribution >= 0.6 is 11.6 Å². The molecule has 262 valence electrons. The first-order valence-electron chi connectivity index (χ1n) is 14.6. The molecule has 2 aromatic heterocycles. The van der Waals surface area contributed by atoms with E-state index in [2.05, 4.69) is 27.2 Å². The maximum absolute atomic E-state index is 14.3. The lowest BCUT2D eigenvalue weighted by Crippen LogP contribution is -2.41. The number of nitrogens with one attached hydrogen (secondary N) is 1. The van der Waals surface area contributed by atoms with E-state index in [4.69, 9.17) is 22.1 Å². The van der Waals surface area contributed by atoms with E-state index >= 15 is 0 Å². The second-order valence-electron chi connectivity index (χ2n) is 12.9. The number of alkyl halides is 3. The number of pyridine rings is 1. The van der Waals surface area contributed by atoms with Crippen LogP contribution in [0, 0.1) is 23.5 Å². The van der Waals surface area contributed by atoms with Crippen LogP contribution < -0.4 is 11.1 Å². The van der Waals surface area contributed by atoms with Crippen molar-refractivity contribution < 1.29 is 39.9 Å². The second-order valence-corrected chi connectivity index (χ2v) is 15.9. The van der Waals surface area contributed by atoms with E-state index in [0.29, 0.717) is 10.7 Å². The van der Waals surface area contributed by atoms with Gasteiger partial charge in [-0.3, -0.25) is 4.68 Å². The van der Waals surface area contributed by atoms with Crippen LogP contribution in [0.3, 0.4) is 0 Å². The molecule has 1 amide bonds. The lowest BCUT2D eigenvalue weighted by molar-refractivity contribution is -0.141. The number of fused-ring (bicyclic) bond motifs is 1. The zero-order valence-electron chi connectivity index (χ0n) is 27.3. The number of alkyl carbamates (subject to hydrolysis) is 1. The average molecular weight is 726 g/mol. The van der Waals surface area contributed by atoms with Gasteiger partial charge in [-0.25, -0.2) is 27.0 Å². The summed E-state index contributed by atoms with van der Waals surface area (Å²) in [5, 5.41) is 6.54. The first-order chi connectivity index (χ1) is 22.4. The van der Waals surface area contributed by atoms with Gasteiger partial charge in [0.1, 0.15) is 28.6 Å². The van der Waals surface area contributed by atoms with Crippen LogP contribution in [0.1, 0.15) is 57.7 Å². The van der Waals surface area contributed by atoms with Crippen LogP contribution in [0.5, 0.6) is 0 Å². The fourth-order valence-corrected chi connectivity index (χ4v) is 5.22. The van der Waals surface area contributed by atoms with E-state index < -0.39 is 56.7 Å². The molecule has 1 atom stereocenters. The molecule has 0 saturated carbocycles. The standard InChI is InChI=1S/C33H33ClF5N5O4S/c1-31(2,3)42-30(45)48-25(15-18-13-19(35)16-20(36)14-18)27-22(8-7-21(41-27)11-12-32(4,5)49(6,46)47)23-9-10-24(34)26-28(23)44(43-29(26)40)17-33(37,38)39/h7-10,13-14,16,25H,15,17H2,1-6H3,(H2,40,43)(H,42,45)/t25-/m0/s1. The fraction of sp³-hybridized carbons (Fsp3) is 0.364. The first-order valence-corrected chi connectivity index (χ1v) is 16.9. The number of hydrogen-bond donors (Lipinski definition) is 2. The van der Waals surface area contributed by atoms with Gasteiger partial charge in [-0.2, -0.15) is 18.3 Å². The number of sulfone groups is 1. The highest BCUT2D eigenvalue weighted by Gasteiger charge is 2.33. The van der Waals surface area contributed by atoms with Crippen LogP contribution in [0.25, 0.3) is 22.0 Å². The highest BCUT2D eigenvalue weighted by Crippen LogP contribution is 2.40. The Bertz CT molecular complexity index is 2080. The number of anilines is 1. The van der Waals surface area contributed by atoms with Crippen LogP contribution in [-0.4, -0.2) is 52.0 Å². The Labute approximate surface area is 284 Å². The van der Waals surface area contributed by atoms with Gasteiger partial charge in [0.05, 0.1) is 21.6 Å². The molecule has 3 N–H and O–H groups in total. The van der Waals surface area contributed by atoms with Gasteiger partial charge in [0.25, 0.3) is 0 Å². The molecule has 0 radical (unpaired) electrons. The molecule has 0 spiro atoms. The van der Waals surface area contributed by atoms with Gasteiger partial charge in [-0.05, 0) is 76.4 Å². The lowest BCUT2D eigenvalue weighted by atomic mass is 9.95. The van der Waals surface area contributed by atoms with E-state index in [1.807, 2.05) is 0 Å². The quantitative estimate of drug-likeness (QED) is 0.153. The zero-order chi connectivity index (χ0) is 36.7. The third-order valence-corrected chi connectivity index (χ3v) is 9.48. The summed E-state index contributed by atoms with van der Waals surface area (Å²) in [5.74, 6) is 3.27. The zero-order valence-corrected chi connectivity index (χ0v) is 28.8. The number of carbonyl (C=O) groups is 1. The van der Waals surface area contributed by atoms with Gasteiger partial charge in [0, 0.05) is 35.4 Å². The molecule has 4 rings (SSSR count). The molecule has 0 bridgehead atoms. The molecule has 2 aromatic carbocycles. The number of carbonyl (C=O) groups excluding carboxylic acids is 1. The molecular weight excluding hydrogens is 693 g/mol. The smallest absolute Gasteiger partial charge is 0.408 e. The summed E-state index contributed by atoms with van der Waals surface area (Å²) in [6, 6.07) is 8.35. The van der Waals surface area contributed by atoms with Crippen molar-refractivity contribution in [3.63, 3.8) is 0 Å². The highest BCUT2D eigenvalue weighted by molar-refractivity contribution is 7.92. The molecule has 16 heteroatoms. The van der Waals surface area contributed by atoms with E-state index in [1.54, 1.807) is 20.8 Å². The molecule has 2 heterocycles. The Morgan fingerprint density at radius 1 is 1.04 bits per heavy atom. The third kappa shape index (κ3) is 9.18. The summed E-state index contributed by atoms with van der Waals surface area (Å²) in [5.41, 5.74) is 5.31. The number of benzene rings is 2. The predicted molar refractivity (Wildman–Crippen MR) is 176 cm³/mol. The Hall–Kier alpha value is -4.42. The van der Waals surface area contributed by atoms with Gasteiger partial charge in [0.15, 0.2) is 21.8 Å². The molecule has 0 unspecified atom stereocenters. The fourth-order valence-electron chi connectivity index (χ4n) is 4.74. The van der Waals surface area contributed by atoms with Crippen LogP contribution in [0.2, 0.25) is 5.02 Å². The lowest BCUT2D eigenvalue weighted by Gasteiger charge is -2.25. The number of nitrogens with zero attached hydrogens (tertiary/aromatic N) is 3. The maximum Gasteiger partial charge on any atom is 0.408 e. The predicted octanol–water partition coefficient (Wildman–Crippen LogP) is 7.16. The Morgan fingerprint density at radius 2 is 1.65 bits per heavy atom. The van der Waals surface area contributed by atoms with E-state index in [0.717, 1.165) is 18.4 Å². The van der Waals surface area contributed by atoms with Crippen molar-refractivity contribution in [1.82, 2.24) is 20.1 Å². The van der Waals surface area contributed by atoms with Crippen molar-refractivity contribution in [2.75, 3.05) is 12.0 Å². The second kappa shape index (κ2) is 13.5. The first kappa shape index (κ1) is 37.4. The third-order valence-electron chi connectivity index (χ3n) is 7.21. The van der Waals surface area contributed by atoms with Gasteiger partial charge in [0.2, 0.25) is 0 Å².